The van der Waals surface area contributed by atoms with Crippen LogP contribution in [0.3, 0.4) is 0 Å². The van der Waals surface area contributed by atoms with Gasteiger partial charge in [0, 0.05) is 19.6 Å². The molecule has 1 N–H and O–H groups in total. The lowest BCUT2D eigenvalue weighted by atomic mass is 10.1. The second-order valence-corrected chi connectivity index (χ2v) is 8.73. The highest BCUT2D eigenvalue weighted by atomic mass is 35.5. The molecule has 0 aromatic heterocycles. The topological polar surface area (TPSA) is 52.6 Å². The molecule has 3 aromatic rings. The third-order valence-corrected chi connectivity index (χ3v) is 6.22. The Morgan fingerprint density at radius 2 is 1.82 bits per heavy atom. The number of urea groups is 1. The van der Waals surface area contributed by atoms with E-state index < -0.39 is 11.7 Å². The van der Waals surface area contributed by atoms with E-state index in [4.69, 9.17) is 23.2 Å². The summed E-state index contributed by atoms with van der Waals surface area (Å²) in [5.41, 5.74) is 2.73. The zero-order chi connectivity index (χ0) is 23.5. The smallest absolute Gasteiger partial charge is 0.320 e. The van der Waals surface area contributed by atoms with Crippen molar-refractivity contribution in [3.63, 3.8) is 0 Å². The third-order valence-electron chi connectivity index (χ3n) is 5.48. The van der Waals surface area contributed by atoms with Gasteiger partial charge in [0.25, 0.3) is 5.91 Å². The fourth-order valence-corrected chi connectivity index (χ4v) is 4.15. The first-order valence-electron chi connectivity index (χ1n) is 10.5. The summed E-state index contributed by atoms with van der Waals surface area (Å²) in [6, 6.07) is 16.4. The number of nitrogens with one attached hydrogen (secondary N) is 1. The number of aryl methyl sites for hydroxylation is 1. The Balaban J connectivity index is 1.59. The molecule has 0 aliphatic carbocycles. The summed E-state index contributed by atoms with van der Waals surface area (Å²) in [5, 5.41) is 3.68. The van der Waals surface area contributed by atoms with Gasteiger partial charge in [0.1, 0.15) is 5.82 Å². The summed E-state index contributed by atoms with van der Waals surface area (Å²) >= 11 is 12.1. The Labute approximate surface area is 201 Å². The van der Waals surface area contributed by atoms with Crippen LogP contribution in [0.4, 0.5) is 20.6 Å². The molecule has 1 fully saturated rings. The minimum Gasteiger partial charge on any atom is -0.320 e. The maximum absolute atomic E-state index is 14.1. The molecule has 0 atom stereocenters. The fraction of sp³-hybridized carbons (Fsp3) is 0.200. The van der Waals surface area contributed by atoms with Gasteiger partial charge in [-0.05, 0) is 60.9 Å². The Hall–Kier alpha value is -3.09. The standard InChI is InChI=1S/C25H22Cl2FN3O2/c1-16-7-10-23(22(13-16)29-24(32)18-5-2-3-6-21(18)28)31-12-4-11-30(25(31)33)15-17-8-9-19(26)20(27)14-17/h2-3,5-10,13-14H,4,11-12,15H2,1H3,(H,29,32). The summed E-state index contributed by atoms with van der Waals surface area (Å²) in [4.78, 5) is 29.5. The summed E-state index contributed by atoms with van der Waals surface area (Å²) in [6.07, 6.45) is 0.752. The van der Waals surface area contributed by atoms with Gasteiger partial charge in [0.2, 0.25) is 0 Å². The molecular weight excluding hydrogens is 464 g/mol. The number of hydrogen-bond acceptors (Lipinski definition) is 2. The molecule has 8 heteroatoms. The average molecular weight is 486 g/mol. The van der Waals surface area contributed by atoms with E-state index in [0.717, 1.165) is 17.5 Å². The lowest BCUT2D eigenvalue weighted by molar-refractivity contribution is 0.102. The first-order chi connectivity index (χ1) is 15.8. The molecule has 1 aliphatic heterocycles. The number of amides is 3. The summed E-state index contributed by atoms with van der Waals surface area (Å²) in [7, 11) is 0. The van der Waals surface area contributed by atoms with Crippen LogP contribution in [-0.4, -0.2) is 29.9 Å². The van der Waals surface area contributed by atoms with Crippen molar-refractivity contribution in [1.29, 1.82) is 0 Å². The Bertz CT molecular complexity index is 1220. The van der Waals surface area contributed by atoms with Crippen LogP contribution in [0.1, 0.15) is 27.9 Å². The van der Waals surface area contributed by atoms with Gasteiger partial charge in [-0.25, -0.2) is 9.18 Å². The first kappa shape index (κ1) is 23.1. The quantitative estimate of drug-likeness (QED) is 0.446. The number of benzene rings is 3. The van der Waals surface area contributed by atoms with Gasteiger partial charge in [-0.3, -0.25) is 9.69 Å². The number of anilines is 2. The van der Waals surface area contributed by atoms with Crippen LogP contribution < -0.4 is 10.2 Å². The van der Waals surface area contributed by atoms with Crippen molar-refractivity contribution in [2.75, 3.05) is 23.3 Å². The van der Waals surface area contributed by atoms with Crippen LogP contribution in [-0.2, 0) is 6.54 Å². The lowest BCUT2D eigenvalue weighted by Gasteiger charge is -2.36. The van der Waals surface area contributed by atoms with Crippen molar-refractivity contribution in [3.05, 3.63) is 93.2 Å². The van der Waals surface area contributed by atoms with Crippen LogP contribution in [0, 0.1) is 12.7 Å². The molecule has 0 unspecified atom stereocenters. The van der Waals surface area contributed by atoms with E-state index in [0.29, 0.717) is 41.1 Å². The number of carbonyl (C=O) groups is 2. The van der Waals surface area contributed by atoms with E-state index in [-0.39, 0.29) is 11.6 Å². The van der Waals surface area contributed by atoms with Crippen molar-refractivity contribution < 1.29 is 14.0 Å². The Kier molecular flexibility index (Phi) is 6.86. The first-order valence-corrected chi connectivity index (χ1v) is 11.3. The Morgan fingerprint density at radius 1 is 1.03 bits per heavy atom. The molecule has 1 saturated heterocycles. The summed E-state index contributed by atoms with van der Waals surface area (Å²) in [6.45, 7) is 3.37. The van der Waals surface area contributed by atoms with Gasteiger partial charge in [-0.1, -0.05) is 47.5 Å². The van der Waals surface area contributed by atoms with E-state index >= 15 is 0 Å². The van der Waals surface area contributed by atoms with Crippen LogP contribution in [0.5, 0.6) is 0 Å². The van der Waals surface area contributed by atoms with E-state index in [9.17, 15) is 14.0 Å². The molecule has 5 nitrogen and oxygen atoms in total. The van der Waals surface area contributed by atoms with E-state index in [1.165, 1.54) is 18.2 Å². The van der Waals surface area contributed by atoms with Crippen molar-refractivity contribution >= 4 is 46.5 Å². The number of halogens is 3. The third kappa shape index (κ3) is 5.13. The minimum atomic E-state index is -0.606. The molecule has 0 radical (unpaired) electrons. The number of carbonyl (C=O) groups excluding carboxylic acids is 2. The molecule has 0 bridgehead atoms. The minimum absolute atomic E-state index is 0.0591. The molecule has 1 aliphatic rings. The molecule has 0 spiro atoms. The lowest BCUT2D eigenvalue weighted by Crippen LogP contribution is -2.49. The fourth-order valence-electron chi connectivity index (χ4n) is 3.83. The molecule has 4 rings (SSSR count). The number of hydrogen-bond donors (Lipinski definition) is 1. The van der Waals surface area contributed by atoms with Gasteiger partial charge in [0.15, 0.2) is 0 Å². The van der Waals surface area contributed by atoms with Crippen LogP contribution in [0.2, 0.25) is 10.0 Å². The van der Waals surface area contributed by atoms with Gasteiger partial charge in [-0.15, -0.1) is 0 Å². The molecule has 33 heavy (non-hydrogen) atoms. The van der Waals surface area contributed by atoms with Crippen LogP contribution in [0.15, 0.2) is 60.7 Å². The zero-order valence-corrected chi connectivity index (χ0v) is 19.5. The van der Waals surface area contributed by atoms with Crippen molar-refractivity contribution in [3.8, 4) is 0 Å². The molecule has 170 valence electrons. The van der Waals surface area contributed by atoms with Gasteiger partial charge >= 0.3 is 6.03 Å². The van der Waals surface area contributed by atoms with E-state index in [1.807, 2.05) is 19.1 Å². The van der Waals surface area contributed by atoms with Crippen molar-refractivity contribution in [2.24, 2.45) is 0 Å². The number of nitrogens with zero attached hydrogens (tertiary/aromatic N) is 2. The molecule has 3 amide bonds. The normalized spacial score (nSPS) is 13.9. The highest BCUT2D eigenvalue weighted by molar-refractivity contribution is 6.42. The van der Waals surface area contributed by atoms with Gasteiger partial charge in [-0.2, -0.15) is 0 Å². The Morgan fingerprint density at radius 3 is 2.58 bits per heavy atom. The summed E-state index contributed by atoms with van der Waals surface area (Å²) in [5.74, 6) is -1.18. The maximum Gasteiger partial charge on any atom is 0.324 e. The van der Waals surface area contributed by atoms with E-state index in [2.05, 4.69) is 5.32 Å². The average Bonchev–Trinajstić information content (AvgIpc) is 2.78. The largest absolute Gasteiger partial charge is 0.324 e. The molecule has 0 saturated carbocycles. The highest BCUT2D eigenvalue weighted by Gasteiger charge is 2.29. The van der Waals surface area contributed by atoms with Gasteiger partial charge < -0.3 is 10.2 Å². The molecular formula is C25H22Cl2FN3O2. The van der Waals surface area contributed by atoms with Crippen LogP contribution in [0.25, 0.3) is 0 Å². The molecule has 3 aromatic carbocycles. The predicted molar refractivity (Wildman–Crippen MR) is 130 cm³/mol. The van der Waals surface area contributed by atoms with E-state index in [1.54, 1.807) is 40.1 Å². The van der Waals surface area contributed by atoms with Crippen LogP contribution >= 0.6 is 23.2 Å². The number of rotatable bonds is 5. The predicted octanol–water partition coefficient (Wildman–Crippen LogP) is 6.53. The SMILES string of the molecule is Cc1ccc(N2CCCN(Cc3ccc(Cl)c(Cl)c3)C2=O)c(NC(=O)c2ccccc2F)c1. The summed E-state index contributed by atoms with van der Waals surface area (Å²) < 4.78 is 14.1. The maximum atomic E-state index is 14.1. The second kappa shape index (κ2) is 9.81. The monoisotopic (exact) mass is 485 g/mol. The highest BCUT2D eigenvalue weighted by Crippen LogP contribution is 2.31. The van der Waals surface area contributed by atoms with Crippen molar-refractivity contribution in [2.45, 2.75) is 19.9 Å². The zero-order valence-electron chi connectivity index (χ0n) is 17.9. The second-order valence-electron chi connectivity index (χ2n) is 7.91. The van der Waals surface area contributed by atoms with Gasteiger partial charge in [0.05, 0.1) is 27.0 Å². The molecule has 1 heterocycles. The van der Waals surface area contributed by atoms with Crippen molar-refractivity contribution in [1.82, 2.24) is 4.90 Å².